The van der Waals surface area contributed by atoms with Crippen LogP contribution in [0.2, 0.25) is 0 Å². The second kappa shape index (κ2) is 7.16. The summed E-state index contributed by atoms with van der Waals surface area (Å²) in [6.07, 6.45) is 8.59. The van der Waals surface area contributed by atoms with Crippen LogP contribution in [0.3, 0.4) is 0 Å². The number of H-pyrrole nitrogens is 1. The highest BCUT2D eigenvalue weighted by Gasteiger charge is 2.16. The van der Waals surface area contributed by atoms with Crippen molar-refractivity contribution in [2.45, 2.75) is 31.7 Å². The maximum absolute atomic E-state index is 9.90. The van der Waals surface area contributed by atoms with E-state index in [2.05, 4.69) is 52.8 Å². The average molecular weight is 332 g/mol. The van der Waals surface area contributed by atoms with Crippen LogP contribution in [0.4, 0.5) is 0 Å². The molecule has 0 saturated heterocycles. The highest BCUT2D eigenvalue weighted by molar-refractivity contribution is 5.84. The van der Waals surface area contributed by atoms with Gasteiger partial charge in [0.15, 0.2) is 0 Å². The molecule has 3 N–H and O–H groups in total. The van der Waals surface area contributed by atoms with Gasteiger partial charge in [0.1, 0.15) is 5.75 Å². The molecule has 3 heteroatoms. The Hall–Kier alpha value is -2.52. The van der Waals surface area contributed by atoms with Crippen LogP contribution in [0, 0.1) is 0 Å². The molecule has 25 heavy (non-hydrogen) atoms. The van der Waals surface area contributed by atoms with Gasteiger partial charge in [0.25, 0.3) is 0 Å². The Bertz CT molecular complexity index is 879. The van der Waals surface area contributed by atoms with E-state index in [1.54, 1.807) is 6.07 Å². The Kier molecular flexibility index (Phi) is 4.57. The summed E-state index contributed by atoms with van der Waals surface area (Å²) in [6, 6.07) is 17.0. The van der Waals surface area contributed by atoms with Crippen molar-refractivity contribution in [2.24, 2.45) is 0 Å². The molecular formula is C22H24N2O. The van der Waals surface area contributed by atoms with Crippen LogP contribution in [0.15, 0.2) is 60.8 Å². The molecule has 0 radical (unpaired) electrons. The molecule has 3 nitrogen and oxygen atoms in total. The van der Waals surface area contributed by atoms with Gasteiger partial charge in [-0.3, -0.25) is 0 Å². The van der Waals surface area contributed by atoms with E-state index in [-0.39, 0.29) is 0 Å². The average Bonchev–Trinajstić information content (AvgIpc) is 3.11. The Balaban J connectivity index is 1.37. The van der Waals surface area contributed by atoms with Gasteiger partial charge >= 0.3 is 0 Å². The summed E-state index contributed by atoms with van der Waals surface area (Å²) in [6.45, 7) is 0.947. The Morgan fingerprint density at radius 3 is 2.84 bits per heavy atom. The van der Waals surface area contributed by atoms with Gasteiger partial charge in [-0.1, -0.05) is 36.4 Å². The summed E-state index contributed by atoms with van der Waals surface area (Å²) in [5.41, 5.74) is 5.04. The molecule has 1 aliphatic rings. The molecule has 2 heterocycles. The first kappa shape index (κ1) is 16.0. The monoisotopic (exact) mass is 332 g/mol. The molecule has 1 atom stereocenters. The molecule has 0 fully saturated rings. The predicted octanol–water partition coefficient (Wildman–Crippen LogP) is 4.64. The lowest BCUT2D eigenvalue weighted by molar-refractivity contribution is 0.473. The minimum Gasteiger partial charge on any atom is -0.508 e. The number of phenols is 1. The highest BCUT2D eigenvalue weighted by atomic mass is 16.3. The van der Waals surface area contributed by atoms with E-state index >= 15 is 0 Å². The lowest BCUT2D eigenvalue weighted by Crippen LogP contribution is -2.32. The van der Waals surface area contributed by atoms with Gasteiger partial charge in [-0.15, -0.1) is 0 Å². The largest absolute Gasteiger partial charge is 0.508 e. The summed E-state index contributed by atoms with van der Waals surface area (Å²) in [4.78, 5) is 3.18. The minimum atomic E-state index is 0.343. The molecule has 128 valence electrons. The molecule has 1 aliphatic heterocycles. The maximum Gasteiger partial charge on any atom is 0.117 e. The van der Waals surface area contributed by atoms with Gasteiger partial charge in [-0.2, -0.15) is 0 Å². The number of aromatic amines is 1. The number of benzene rings is 2. The minimum absolute atomic E-state index is 0.343. The van der Waals surface area contributed by atoms with Crippen molar-refractivity contribution in [1.82, 2.24) is 10.3 Å². The van der Waals surface area contributed by atoms with Crippen LogP contribution >= 0.6 is 0 Å². The first-order valence-corrected chi connectivity index (χ1v) is 9.06. The number of aryl methyl sites for hydroxylation is 1. The third kappa shape index (κ3) is 3.62. The molecular weight excluding hydrogens is 308 g/mol. The van der Waals surface area contributed by atoms with E-state index in [0.717, 1.165) is 37.7 Å². The number of nitrogens with one attached hydrogen (secondary N) is 2. The van der Waals surface area contributed by atoms with E-state index < -0.39 is 0 Å². The molecule has 0 aliphatic carbocycles. The number of phenolic OH excluding ortho intramolecular Hbond substituents is 1. The molecule has 0 spiro atoms. The number of hydrogen-bond acceptors (Lipinski definition) is 2. The number of hydrogen-bond donors (Lipinski definition) is 3. The molecule has 0 amide bonds. The second-order valence-corrected chi connectivity index (χ2v) is 6.84. The summed E-state index contributed by atoms with van der Waals surface area (Å²) in [5.74, 6) is 0.343. The van der Waals surface area contributed by atoms with Crippen molar-refractivity contribution in [3.05, 3.63) is 71.9 Å². The highest BCUT2D eigenvalue weighted by Crippen LogP contribution is 2.27. The second-order valence-electron chi connectivity index (χ2n) is 6.84. The fourth-order valence-corrected chi connectivity index (χ4v) is 3.84. The number of fused-ring (bicyclic) bond motifs is 1. The SMILES string of the molecule is Oc1cc(CCCC2CC(c3ccccc3)=CCN2)c2cc[nH]c2c1. The topological polar surface area (TPSA) is 48.0 Å². The first-order valence-electron chi connectivity index (χ1n) is 9.06. The van der Waals surface area contributed by atoms with E-state index in [9.17, 15) is 5.11 Å². The van der Waals surface area contributed by atoms with Crippen LogP contribution in [0.5, 0.6) is 5.75 Å². The van der Waals surface area contributed by atoms with Crippen LogP contribution < -0.4 is 5.32 Å². The predicted molar refractivity (Wildman–Crippen MR) is 104 cm³/mol. The van der Waals surface area contributed by atoms with E-state index in [1.807, 2.05) is 12.3 Å². The maximum atomic E-state index is 9.90. The quantitative estimate of drug-likeness (QED) is 0.637. The van der Waals surface area contributed by atoms with Gasteiger partial charge in [-0.25, -0.2) is 0 Å². The van der Waals surface area contributed by atoms with Crippen LogP contribution in [0.1, 0.15) is 30.4 Å². The van der Waals surface area contributed by atoms with Crippen molar-refractivity contribution >= 4 is 16.5 Å². The zero-order chi connectivity index (χ0) is 17.1. The number of rotatable bonds is 5. The smallest absolute Gasteiger partial charge is 0.117 e. The van der Waals surface area contributed by atoms with Gasteiger partial charge in [-0.05, 0) is 54.5 Å². The Labute approximate surface area is 148 Å². The van der Waals surface area contributed by atoms with Crippen molar-refractivity contribution in [2.75, 3.05) is 6.54 Å². The van der Waals surface area contributed by atoms with Crippen LogP contribution in [-0.4, -0.2) is 22.7 Å². The molecule has 4 rings (SSSR count). The summed E-state index contributed by atoms with van der Waals surface area (Å²) in [7, 11) is 0. The van der Waals surface area contributed by atoms with Gasteiger partial charge in [0.05, 0.1) is 0 Å². The van der Waals surface area contributed by atoms with E-state index in [0.29, 0.717) is 11.8 Å². The van der Waals surface area contributed by atoms with Crippen molar-refractivity contribution in [1.29, 1.82) is 0 Å². The van der Waals surface area contributed by atoms with Crippen molar-refractivity contribution < 1.29 is 5.11 Å². The molecule has 3 aromatic rings. The van der Waals surface area contributed by atoms with Gasteiger partial charge in [0, 0.05) is 35.8 Å². The van der Waals surface area contributed by atoms with Gasteiger partial charge in [0.2, 0.25) is 0 Å². The number of aromatic hydroxyl groups is 1. The zero-order valence-corrected chi connectivity index (χ0v) is 14.3. The third-order valence-corrected chi connectivity index (χ3v) is 5.10. The molecule has 1 aromatic heterocycles. The normalized spacial score (nSPS) is 17.6. The summed E-state index contributed by atoms with van der Waals surface area (Å²) < 4.78 is 0. The van der Waals surface area contributed by atoms with Crippen LogP contribution in [0.25, 0.3) is 16.5 Å². The molecule has 1 unspecified atom stereocenters. The van der Waals surface area contributed by atoms with Crippen molar-refractivity contribution in [3.8, 4) is 5.75 Å². The van der Waals surface area contributed by atoms with E-state index in [4.69, 9.17) is 0 Å². The standard InChI is InChI=1S/C22H24N2O/c25-20-14-18(21-10-12-24-22(21)15-20)7-4-8-19-13-17(9-11-23-19)16-5-2-1-3-6-16/h1-3,5-6,9-10,12,14-15,19,23-25H,4,7-8,11,13H2. The molecule has 0 bridgehead atoms. The Morgan fingerprint density at radius 1 is 1.08 bits per heavy atom. The lowest BCUT2D eigenvalue weighted by atomic mass is 9.92. The Morgan fingerprint density at radius 2 is 1.96 bits per heavy atom. The summed E-state index contributed by atoms with van der Waals surface area (Å²) in [5, 5.41) is 14.7. The molecule has 0 saturated carbocycles. The lowest BCUT2D eigenvalue weighted by Gasteiger charge is -2.24. The van der Waals surface area contributed by atoms with Crippen LogP contribution in [-0.2, 0) is 6.42 Å². The van der Waals surface area contributed by atoms with Crippen molar-refractivity contribution in [3.63, 3.8) is 0 Å². The summed E-state index contributed by atoms with van der Waals surface area (Å²) >= 11 is 0. The van der Waals surface area contributed by atoms with Gasteiger partial charge < -0.3 is 15.4 Å². The zero-order valence-electron chi connectivity index (χ0n) is 14.3. The first-order chi connectivity index (χ1) is 12.3. The molecule has 2 aromatic carbocycles. The fraction of sp³-hybridized carbons (Fsp3) is 0.273. The fourth-order valence-electron chi connectivity index (χ4n) is 3.84. The number of aromatic nitrogens is 1. The third-order valence-electron chi connectivity index (χ3n) is 5.10. The van der Waals surface area contributed by atoms with E-state index in [1.165, 1.54) is 22.1 Å².